The van der Waals surface area contributed by atoms with Crippen molar-refractivity contribution in [1.82, 2.24) is 19.8 Å². The van der Waals surface area contributed by atoms with E-state index in [0.29, 0.717) is 35.3 Å². The van der Waals surface area contributed by atoms with Gasteiger partial charge in [-0.2, -0.15) is 23.4 Å². The van der Waals surface area contributed by atoms with Gasteiger partial charge in [-0.1, -0.05) is 12.1 Å². The Balaban J connectivity index is 1.12. The molecule has 1 amide bonds. The minimum atomic E-state index is -4.67. The lowest BCUT2D eigenvalue weighted by molar-refractivity contribution is -0.137. The Hall–Kier alpha value is -4.61. The van der Waals surface area contributed by atoms with Crippen molar-refractivity contribution in [1.29, 1.82) is 5.26 Å². The molecule has 3 N–H and O–H groups in total. The number of aromatic nitrogens is 2. The number of nitrogens with zero attached hydrogens (tertiary/aromatic N) is 6. The van der Waals surface area contributed by atoms with Gasteiger partial charge in [-0.05, 0) is 42.2 Å². The number of rotatable bonds is 9. The summed E-state index contributed by atoms with van der Waals surface area (Å²) < 4.78 is 47.3. The largest absolute Gasteiger partial charge is 0.494 e. The first-order valence-electron chi connectivity index (χ1n) is 15.3. The van der Waals surface area contributed by atoms with Gasteiger partial charge in [0.1, 0.15) is 17.1 Å². The van der Waals surface area contributed by atoms with Crippen LogP contribution in [-0.4, -0.2) is 84.6 Å². The van der Waals surface area contributed by atoms with E-state index in [4.69, 9.17) is 10.00 Å². The summed E-state index contributed by atoms with van der Waals surface area (Å²) in [6, 6.07) is 13.7. The molecule has 11 nitrogen and oxygen atoms in total. The molecule has 2 aromatic carbocycles. The van der Waals surface area contributed by atoms with Crippen LogP contribution in [0.15, 0.2) is 42.6 Å². The summed E-state index contributed by atoms with van der Waals surface area (Å²) in [6.45, 7) is 6.06. The Kier molecular flexibility index (Phi) is 9.14. The highest BCUT2D eigenvalue weighted by Crippen LogP contribution is 2.36. The number of carbonyl (C=O) groups is 1. The fourth-order valence-electron chi connectivity index (χ4n) is 6.43. The van der Waals surface area contributed by atoms with Gasteiger partial charge in [-0.25, -0.2) is 4.98 Å². The normalized spacial score (nSPS) is 17.7. The summed E-state index contributed by atoms with van der Waals surface area (Å²) in [7, 11) is 1.54. The molecule has 6 rings (SSSR count). The molecule has 242 valence electrons. The van der Waals surface area contributed by atoms with Crippen LogP contribution in [0.3, 0.4) is 0 Å². The fraction of sp³-hybridized carbons (Fsp3) is 0.438. The topological polar surface area (TPSA) is 122 Å². The molecule has 46 heavy (non-hydrogen) atoms. The Morgan fingerprint density at radius 2 is 1.89 bits per heavy atom. The molecule has 0 saturated carbocycles. The second-order valence-electron chi connectivity index (χ2n) is 11.7. The number of carbonyl (C=O) groups excluding carboxylic acids is 1. The number of fused-ring (bicyclic) bond motifs is 1. The molecule has 0 radical (unpaired) electrons. The second kappa shape index (κ2) is 13.4. The molecule has 0 aliphatic carbocycles. The highest BCUT2D eigenvalue weighted by Gasteiger charge is 2.35. The third-order valence-electron chi connectivity index (χ3n) is 8.90. The molecule has 3 aliphatic rings. The van der Waals surface area contributed by atoms with Gasteiger partial charge >= 0.3 is 6.18 Å². The van der Waals surface area contributed by atoms with E-state index in [1.165, 1.54) is 0 Å². The minimum Gasteiger partial charge on any atom is -0.494 e. The van der Waals surface area contributed by atoms with Crippen LogP contribution in [0.2, 0.25) is 0 Å². The molecule has 3 aliphatic heterocycles. The summed E-state index contributed by atoms with van der Waals surface area (Å²) in [5.41, 5.74) is 2.64. The predicted octanol–water partition coefficient (Wildman–Crippen LogP) is 4.46. The van der Waals surface area contributed by atoms with Crippen LogP contribution in [0.4, 0.5) is 42.0 Å². The first kappa shape index (κ1) is 31.4. The van der Waals surface area contributed by atoms with E-state index in [9.17, 15) is 18.0 Å². The molecule has 0 spiro atoms. The molecular formula is C32H36F3N9O2. The number of methoxy groups -OCH3 is 1. The smallest absolute Gasteiger partial charge is 0.421 e. The van der Waals surface area contributed by atoms with Gasteiger partial charge in [-0.3, -0.25) is 14.6 Å². The number of nitriles is 1. The van der Waals surface area contributed by atoms with Gasteiger partial charge < -0.3 is 25.6 Å². The lowest BCUT2D eigenvalue weighted by atomic mass is 10.0. The number of amides is 1. The average Bonchev–Trinajstić information content (AvgIpc) is 3.45. The molecule has 14 heteroatoms. The maximum atomic E-state index is 13.9. The van der Waals surface area contributed by atoms with E-state index in [-0.39, 0.29) is 30.6 Å². The van der Waals surface area contributed by atoms with Crippen LogP contribution in [0, 0.1) is 11.3 Å². The number of nitrogens with one attached hydrogen (secondary N) is 3. The third-order valence-corrected chi connectivity index (χ3v) is 8.90. The molecule has 1 aromatic heterocycles. The van der Waals surface area contributed by atoms with Crippen LogP contribution < -0.4 is 25.6 Å². The van der Waals surface area contributed by atoms with Crippen LogP contribution in [-0.2, 0) is 23.9 Å². The number of hydrogen-bond acceptors (Lipinski definition) is 10. The zero-order valence-corrected chi connectivity index (χ0v) is 25.5. The summed E-state index contributed by atoms with van der Waals surface area (Å²) in [5.74, 6) is -0.0335. The molecule has 2 fully saturated rings. The molecular weight excluding hydrogens is 599 g/mol. The Morgan fingerprint density at radius 1 is 1.11 bits per heavy atom. The number of piperazine rings is 1. The highest BCUT2D eigenvalue weighted by molar-refractivity contribution is 5.99. The fourth-order valence-corrected chi connectivity index (χ4v) is 6.43. The van der Waals surface area contributed by atoms with Crippen molar-refractivity contribution in [3.63, 3.8) is 0 Å². The van der Waals surface area contributed by atoms with E-state index >= 15 is 0 Å². The van der Waals surface area contributed by atoms with Crippen LogP contribution in [0.25, 0.3) is 0 Å². The SMILES string of the molecule is COc1cc(N2CCN(C3CCN(CC#N)CC3)CC2)ccc1Nc1ncc(C(F)(F)F)c(NCc2cccc3c2CC(=O)N3)n1. The summed E-state index contributed by atoms with van der Waals surface area (Å²) in [6.07, 6.45) is -1.59. The first-order valence-corrected chi connectivity index (χ1v) is 15.3. The molecule has 0 bridgehead atoms. The zero-order valence-electron chi connectivity index (χ0n) is 25.5. The van der Waals surface area contributed by atoms with Crippen molar-refractivity contribution in [3.05, 3.63) is 59.3 Å². The number of piperidine rings is 1. The number of anilines is 5. The summed E-state index contributed by atoms with van der Waals surface area (Å²) in [5, 5.41) is 17.5. The van der Waals surface area contributed by atoms with Gasteiger partial charge in [0.2, 0.25) is 11.9 Å². The first-order chi connectivity index (χ1) is 22.2. The van der Waals surface area contributed by atoms with E-state index in [0.717, 1.165) is 69.6 Å². The molecule has 3 aromatic rings. The van der Waals surface area contributed by atoms with Gasteiger partial charge in [0, 0.05) is 75.5 Å². The number of halogens is 3. The average molecular weight is 636 g/mol. The third kappa shape index (κ3) is 6.95. The van der Waals surface area contributed by atoms with Gasteiger partial charge in [0.15, 0.2) is 0 Å². The Bertz CT molecular complexity index is 1610. The molecule has 0 unspecified atom stereocenters. The van der Waals surface area contributed by atoms with Crippen LogP contribution >= 0.6 is 0 Å². The highest BCUT2D eigenvalue weighted by atomic mass is 19.4. The van der Waals surface area contributed by atoms with Crippen molar-refractivity contribution in [2.75, 3.05) is 73.8 Å². The lowest BCUT2D eigenvalue weighted by Crippen LogP contribution is -2.53. The standard InChI is InChI=1S/C32H36F3N9O2/c1-46-28-17-23(44-15-13-43(14-16-44)22-7-10-42(11-8-22)12-9-36)5-6-27(28)40-31-38-20-25(32(33,34)35)30(41-31)37-19-21-3-2-4-26-24(21)18-29(45)39-26/h2-6,17,20,22H,7-8,10-16,18-19H2,1H3,(H,39,45)(H2,37,38,40,41). The van der Waals surface area contributed by atoms with Gasteiger partial charge in [-0.15, -0.1) is 0 Å². The van der Waals surface area contributed by atoms with Crippen LogP contribution in [0.5, 0.6) is 5.75 Å². The van der Waals surface area contributed by atoms with Crippen molar-refractivity contribution < 1.29 is 22.7 Å². The summed E-state index contributed by atoms with van der Waals surface area (Å²) in [4.78, 5) is 27.0. The number of likely N-dealkylation sites (tertiary alicyclic amines) is 1. The van der Waals surface area contributed by atoms with Crippen molar-refractivity contribution in [2.45, 2.75) is 38.0 Å². The second-order valence-corrected chi connectivity index (χ2v) is 11.7. The van der Waals surface area contributed by atoms with E-state index in [1.54, 1.807) is 25.3 Å². The molecule has 0 atom stereocenters. The predicted molar refractivity (Wildman–Crippen MR) is 168 cm³/mol. The van der Waals surface area contributed by atoms with Crippen molar-refractivity contribution >= 4 is 34.7 Å². The minimum absolute atomic E-state index is 0.0221. The van der Waals surface area contributed by atoms with E-state index < -0.39 is 11.7 Å². The maximum absolute atomic E-state index is 13.9. The van der Waals surface area contributed by atoms with Gasteiger partial charge in [0.05, 0.1) is 31.8 Å². The Morgan fingerprint density at radius 3 is 2.61 bits per heavy atom. The summed E-state index contributed by atoms with van der Waals surface area (Å²) >= 11 is 0. The maximum Gasteiger partial charge on any atom is 0.421 e. The monoisotopic (exact) mass is 635 g/mol. The Labute approximate surface area is 265 Å². The van der Waals surface area contributed by atoms with E-state index in [1.807, 2.05) is 18.2 Å². The quantitative estimate of drug-likeness (QED) is 0.291. The number of hydrogen-bond donors (Lipinski definition) is 3. The van der Waals surface area contributed by atoms with E-state index in [2.05, 4.69) is 46.7 Å². The van der Waals surface area contributed by atoms with Crippen molar-refractivity contribution in [2.24, 2.45) is 0 Å². The van der Waals surface area contributed by atoms with Crippen molar-refractivity contribution in [3.8, 4) is 11.8 Å². The lowest BCUT2D eigenvalue weighted by Gasteiger charge is -2.43. The number of ether oxygens (including phenoxy) is 1. The van der Waals surface area contributed by atoms with Crippen LogP contribution in [0.1, 0.15) is 29.5 Å². The number of alkyl halides is 3. The number of benzene rings is 2. The molecule has 2 saturated heterocycles. The zero-order chi connectivity index (χ0) is 32.3. The molecule has 4 heterocycles. The van der Waals surface area contributed by atoms with Gasteiger partial charge in [0.25, 0.3) is 0 Å².